The van der Waals surface area contributed by atoms with E-state index in [1.165, 1.54) is 6.07 Å². The van der Waals surface area contributed by atoms with Gasteiger partial charge in [0.25, 0.3) is 0 Å². The summed E-state index contributed by atoms with van der Waals surface area (Å²) in [5.74, 6) is 2.00. The maximum atomic E-state index is 12.3. The molecule has 0 saturated carbocycles. The van der Waals surface area contributed by atoms with Crippen molar-refractivity contribution < 1.29 is 8.42 Å². The lowest BCUT2D eigenvalue weighted by Gasteiger charge is -2.15. The Balaban J connectivity index is 2.78. The van der Waals surface area contributed by atoms with Crippen molar-refractivity contribution in [3.8, 4) is 0 Å². The number of benzene rings is 1. The molecule has 0 aliphatic rings. The van der Waals surface area contributed by atoms with Crippen molar-refractivity contribution in [1.82, 2.24) is 4.72 Å². The Bertz CT molecular complexity index is 515. The molecule has 0 radical (unpaired) electrons. The van der Waals surface area contributed by atoms with Crippen LogP contribution in [0.25, 0.3) is 0 Å². The summed E-state index contributed by atoms with van der Waals surface area (Å²) >= 11 is 1.81. The number of hydrogen-bond acceptors (Lipinski definition) is 4. The molecule has 0 heterocycles. The van der Waals surface area contributed by atoms with E-state index in [2.05, 4.69) is 11.6 Å². The van der Waals surface area contributed by atoms with Crippen LogP contribution in [0.5, 0.6) is 0 Å². The summed E-state index contributed by atoms with van der Waals surface area (Å²) in [5.41, 5.74) is 6.82. The first kappa shape index (κ1) is 16.3. The third-order valence-corrected chi connectivity index (χ3v) is 5.42. The van der Waals surface area contributed by atoms with Crippen molar-refractivity contribution in [3.63, 3.8) is 0 Å². The van der Waals surface area contributed by atoms with Crippen LogP contribution in [0.4, 0.5) is 5.69 Å². The molecule has 1 unspecified atom stereocenters. The van der Waals surface area contributed by atoms with Crippen LogP contribution in [0, 0.1) is 6.92 Å². The molecule has 108 valence electrons. The minimum Gasteiger partial charge on any atom is -0.399 e. The molecule has 0 amide bonds. The molecular weight excluding hydrogens is 280 g/mol. The summed E-state index contributed by atoms with van der Waals surface area (Å²) < 4.78 is 27.3. The third kappa shape index (κ3) is 5.04. The molecule has 0 aliphatic carbocycles. The summed E-state index contributed by atoms with van der Waals surface area (Å²) in [7, 11) is -3.49. The highest BCUT2D eigenvalue weighted by Gasteiger charge is 2.19. The molecule has 1 rings (SSSR count). The van der Waals surface area contributed by atoms with E-state index in [1.807, 2.05) is 18.7 Å². The number of sulfonamides is 1. The fraction of sp³-hybridized carbons (Fsp3) is 0.538. The van der Waals surface area contributed by atoms with Crippen LogP contribution < -0.4 is 10.5 Å². The molecular formula is C13H22N2O2S2. The second-order valence-corrected chi connectivity index (χ2v) is 7.61. The molecule has 0 bridgehead atoms. The second kappa shape index (κ2) is 7.17. The predicted octanol–water partition coefficient (Wildman–Crippen LogP) is 2.39. The van der Waals surface area contributed by atoms with E-state index in [4.69, 9.17) is 5.73 Å². The van der Waals surface area contributed by atoms with E-state index >= 15 is 0 Å². The quantitative estimate of drug-likeness (QED) is 0.599. The molecule has 3 N–H and O–H groups in total. The van der Waals surface area contributed by atoms with Crippen molar-refractivity contribution in [2.45, 2.75) is 38.1 Å². The van der Waals surface area contributed by atoms with Crippen LogP contribution in [0.2, 0.25) is 0 Å². The number of anilines is 1. The maximum Gasteiger partial charge on any atom is 0.241 e. The van der Waals surface area contributed by atoms with Gasteiger partial charge in [0.1, 0.15) is 0 Å². The van der Waals surface area contributed by atoms with Gasteiger partial charge in [0, 0.05) is 11.7 Å². The minimum atomic E-state index is -3.49. The Labute approximate surface area is 120 Å². The van der Waals surface area contributed by atoms with Gasteiger partial charge in [0.05, 0.1) is 4.90 Å². The lowest BCUT2D eigenvalue weighted by atomic mass is 10.2. The van der Waals surface area contributed by atoms with Crippen molar-refractivity contribution in [1.29, 1.82) is 0 Å². The Hall–Kier alpha value is -0.720. The van der Waals surface area contributed by atoms with E-state index in [-0.39, 0.29) is 10.9 Å². The smallest absolute Gasteiger partial charge is 0.241 e. The molecule has 0 saturated heterocycles. The lowest BCUT2D eigenvalue weighted by Crippen LogP contribution is -2.33. The molecule has 1 atom stereocenters. The van der Waals surface area contributed by atoms with E-state index in [9.17, 15) is 8.42 Å². The highest BCUT2D eigenvalue weighted by atomic mass is 32.2. The van der Waals surface area contributed by atoms with E-state index in [0.29, 0.717) is 11.3 Å². The van der Waals surface area contributed by atoms with Gasteiger partial charge >= 0.3 is 0 Å². The van der Waals surface area contributed by atoms with E-state index in [1.54, 1.807) is 19.1 Å². The van der Waals surface area contributed by atoms with Crippen molar-refractivity contribution in [2.75, 3.05) is 17.2 Å². The van der Waals surface area contributed by atoms with Crippen LogP contribution >= 0.6 is 11.8 Å². The van der Waals surface area contributed by atoms with Crippen LogP contribution in [0.1, 0.15) is 25.8 Å². The first-order valence-corrected chi connectivity index (χ1v) is 8.96. The zero-order valence-corrected chi connectivity index (χ0v) is 13.3. The van der Waals surface area contributed by atoms with Gasteiger partial charge in [-0.1, -0.05) is 13.0 Å². The maximum absolute atomic E-state index is 12.3. The molecule has 19 heavy (non-hydrogen) atoms. The Morgan fingerprint density at radius 2 is 2.11 bits per heavy atom. The molecule has 0 fully saturated rings. The number of nitrogens with two attached hydrogens (primary N) is 1. The highest BCUT2D eigenvalue weighted by Crippen LogP contribution is 2.19. The largest absolute Gasteiger partial charge is 0.399 e. The molecule has 6 heteroatoms. The van der Waals surface area contributed by atoms with Gasteiger partial charge in [-0.2, -0.15) is 11.8 Å². The molecule has 1 aromatic carbocycles. The van der Waals surface area contributed by atoms with Crippen LogP contribution in [-0.4, -0.2) is 26.0 Å². The van der Waals surface area contributed by atoms with Gasteiger partial charge in [0.2, 0.25) is 10.0 Å². The van der Waals surface area contributed by atoms with Gasteiger partial charge in [-0.3, -0.25) is 0 Å². The van der Waals surface area contributed by atoms with Gasteiger partial charge in [0.15, 0.2) is 0 Å². The third-order valence-electron chi connectivity index (χ3n) is 2.76. The summed E-state index contributed by atoms with van der Waals surface area (Å²) in [4.78, 5) is 0.266. The first-order valence-electron chi connectivity index (χ1n) is 6.33. The van der Waals surface area contributed by atoms with Gasteiger partial charge in [-0.25, -0.2) is 13.1 Å². The molecule has 1 aromatic rings. The van der Waals surface area contributed by atoms with Crippen molar-refractivity contribution in [2.24, 2.45) is 0 Å². The molecule has 0 aliphatic heterocycles. The Morgan fingerprint density at radius 1 is 1.42 bits per heavy atom. The van der Waals surface area contributed by atoms with Crippen molar-refractivity contribution in [3.05, 3.63) is 23.8 Å². The zero-order valence-electron chi connectivity index (χ0n) is 11.6. The number of rotatable bonds is 7. The Morgan fingerprint density at radius 3 is 2.74 bits per heavy atom. The number of aryl methyl sites for hydroxylation is 1. The van der Waals surface area contributed by atoms with Crippen LogP contribution in [0.15, 0.2) is 23.1 Å². The normalized spacial score (nSPS) is 13.4. The number of thioether (sulfide) groups is 1. The SMILES string of the molecule is CCSCCC(C)NS(=O)(=O)c1cc(N)ccc1C. The first-order chi connectivity index (χ1) is 8.86. The van der Waals surface area contributed by atoms with Gasteiger partial charge < -0.3 is 5.73 Å². The second-order valence-electron chi connectivity index (χ2n) is 4.53. The minimum absolute atomic E-state index is 0.0788. The summed E-state index contributed by atoms with van der Waals surface area (Å²) in [5, 5.41) is 0. The predicted molar refractivity (Wildman–Crippen MR) is 83.0 cm³/mol. The lowest BCUT2D eigenvalue weighted by molar-refractivity contribution is 0.556. The van der Waals surface area contributed by atoms with Crippen LogP contribution in [-0.2, 0) is 10.0 Å². The Kier molecular flexibility index (Phi) is 6.16. The average Bonchev–Trinajstić information content (AvgIpc) is 2.32. The topological polar surface area (TPSA) is 72.2 Å². The number of nitrogen functional groups attached to an aromatic ring is 1. The zero-order chi connectivity index (χ0) is 14.5. The molecule has 0 aromatic heterocycles. The van der Waals surface area contributed by atoms with Gasteiger partial charge in [-0.15, -0.1) is 0 Å². The molecule has 0 spiro atoms. The fourth-order valence-corrected chi connectivity index (χ4v) is 4.06. The summed E-state index contributed by atoms with van der Waals surface area (Å²) in [6.07, 6.45) is 0.819. The monoisotopic (exact) mass is 302 g/mol. The average molecular weight is 302 g/mol. The van der Waals surface area contributed by atoms with E-state index < -0.39 is 10.0 Å². The molecule has 4 nitrogen and oxygen atoms in total. The van der Waals surface area contributed by atoms with Gasteiger partial charge in [-0.05, 0) is 49.5 Å². The van der Waals surface area contributed by atoms with Crippen LogP contribution in [0.3, 0.4) is 0 Å². The van der Waals surface area contributed by atoms with E-state index in [0.717, 1.165) is 17.9 Å². The standard InChI is InChI=1S/C13H22N2O2S2/c1-4-18-8-7-11(3)15-19(16,17)13-9-12(14)6-5-10(13)2/h5-6,9,11,15H,4,7-8,14H2,1-3H3. The fourth-order valence-electron chi connectivity index (χ4n) is 1.70. The number of nitrogens with one attached hydrogen (secondary N) is 1. The summed E-state index contributed by atoms with van der Waals surface area (Å²) in [6.45, 7) is 5.75. The summed E-state index contributed by atoms with van der Waals surface area (Å²) in [6, 6.07) is 4.85. The van der Waals surface area contributed by atoms with Crippen molar-refractivity contribution >= 4 is 27.5 Å². The highest BCUT2D eigenvalue weighted by molar-refractivity contribution is 7.99. The number of hydrogen-bond donors (Lipinski definition) is 2.